The Morgan fingerprint density at radius 3 is 2.80 bits per heavy atom. The van der Waals surface area contributed by atoms with Crippen molar-refractivity contribution < 1.29 is 19.6 Å². The number of carboxylic acid groups (broad SMARTS) is 1. The van der Waals surface area contributed by atoms with Crippen molar-refractivity contribution in [2.45, 2.75) is 26.3 Å². The number of nitro benzene ring substituents is 1. The molecule has 20 heavy (non-hydrogen) atoms. The summed E-state index contributed by atoms with van der Waals surface area (Å²) >= 11 is 0. The second-order valence-corrected chi connectivity index (χ2v) is 4.31. The molecule has 7 nitrogen and oxygen atoms in total. The number of ether oxygens (including phenoxy) is 1. The molecule has 0 saturated heterocycles. The quantitative estimate of drug-likeness (QED) is 0.556. The molecule has 0 spiro atoms. The fourth-order valence-electron chi connectivity index (χ4n) is 1.73. The minimum Gasteiger partial charge on any atom is -0.487 e. The molecule has 1 unspecified atom stereocenters. The second kappa shape index (κ2) is 7.44. The Balaban J connectivity index is 2.67. The lowest BCUT2D eigenvalue weighted by Gasteiger charge is -2.13. The van der Waals surface area contributed by atoms with Crippen molar-refractivity contribution in [2.75, 3.05) is 13.2 Å². The van der Waals surface area contributed by atoms with Crippen LogP contribution in [0.3, 0.4) is 0 Å². The molecule has 110 valence electrons. The fraction of sp³-hybridized carbons (Fsp3) is 0.462. The average Bonchev–Trinajstić information content (AvgIpc) is 2.37. The maximum Gasteiger partial charge on any atom is 0.320 e. The SMILES string of the molecule is CCNC(CCOc1cc(C)ccc1[N+](=O)[O-])C(=O)O. The number of nitro groups is 1. The van der Waals surface area contributed by atoms with Crippen LogP contribution in [-0.2, 0) is 4.79 Å². The highest BCUT2D eigenvalue weighted by molar-refractivity contribution is 5.73. The Hall–Kier alpha value is -2.15. The van der Waals surface area contributed by atoms with Crippen LogP contribution in [0.5, 0.6) is 5.75 Å². The number of hydrogen-bond donors (Lipinski definition) is 2. The minimum absolute atomic E-state index is 0.0915. The van der Waals surface area contributed by atoms with Crippen LogP contribution in [0.4, 0.5) is 5.69 Å². The minimum atomic E-state index is -0.964. The van der Waals surface area contributed by atoms with Gasteiger partial charge in [0.15, 0.2) is 5.75 Å². The van der Waals surface area contributed by atoms with Gasteiger partial charge in [0.1, 0.15) is 6.04 Å². The number of aliphatic carboxylic acids is 1. The number of carbonyl (C=O) groups is 1. The van der Waals surface area contributed by atoms with Gasteiger partial charge in [0, 0.05) is 12.5 Å². The van der Waals surface area contributed by atoms with Crippen LogP contribution in [0.15, 0.2) is 18.2 Å². The van der Waals surface area contributed by atoms with E-state index in [0.717, 1.165) is 5.56 Å². The lowest BCUT2D eigenvalue weighted by molar-refractivity contribution is -0.385. The molecule has 0 fully saturated rings. The van der Waals surface area contributed by atoms with Crippen molar-refractivity contribution in [3.8, 4) is 5.75 Å². The van der Waals surface area contributed by atoms with E-state index in [9.17, 15) is 14.9 Å². The maximum absolute atomic E-state index is 10.9. The molecule has 0 aromatic heterocycles. The maximum atomic E-state index is 10.9. The van der Waals surface area contributed by atoms with Gasteiger partial charge < -0.3 is 15.2 Å². The summed E-state index contributed by atoms with van der Waals surface area (Å²) in [5.74, 6) is -0.801. The normalized spacial score (nSPS) is 11.9. The van der Waals surface area contributed by atoms with E-state index >= 15 is 0 Å². The summed E-state index contributed by atoms with van der Waals surface area (Å²) in [5, 5.41) is 22.6. The third kappa shape index (κ3) is 4.51. The van der Waals surface area contributed by atoms with Crippen molar-refractivity contribution in [3.63, 3.8) is 0 Å². The summed E-state index contributed by atoms with van der Waals surface area (Å²) in [5.41, 5.74) is 0.720. The molecule has 0 amide bonds. The largest absolute Gasteiger partial charge is 0.487 e. The van der Waals surface area contributed by atoms with Crippen LogP contribution < -0.4 is 10.1 Å². The van der Waals surface area contributed by atoms with Crippen LogP contribution in [0.2, 0.25) is 0 Å². The van der Waals surface area contributed by atoms with Crippen LogP contribution in [-0.4, -0.2) is 35.2 Å². The summed E-state index contributed by atoms with van der Waals surface area (Å²) in [6.45, 7) is 4.23. The Labute approximate surface area is 116 Å². The van der Waals surface area contributed by atoms with Crippen LogP contribution in [0.25, 0.3) is 0 Å². The summed E-state index contributed by atoms with van der Waals surface area (Å²) in [4.78, 5) is 21.3. The van der Waals surface area contributed by atoms with E-state index in [-0.39, 0.29) is 24.5 Å². The number of aryl methyl sites for hydroxylation is 1. The summed E-state index contributed by atoms with van der Waals surface area (Å²) in [7, 11) is 0. The smallest absolute Gasteiger partial charge is 0.320 e. The molecule has 1 atom stereocenters. The standard InChI is InChI=1S/C13H18N2O5/c1-3-14-10(13(16)17)6-7-20-12-8-9(2)4-5-11(12)15(18)19/h4-5,8,10,14H,3,6-7H2,1-2H3,(H,16,17). The van der Waals surface area contributed by atoms with Gasteiger partial charge in [-0.2, -0.15) is 0 Å². The van der Waals surface area contributed by atoms with E-state index < -0.39 is 16.9 Å². The van der Waals surface area contributed by atoms with Gasteiger partial charge in [0.25, 0.3) is 0 Å². The number of hydrogen-bond acceptors (Lipinski definition) is 5. The van der Waals surface area contributed by atoms with E-state index in [1.54, 1.807) is 19.1 Å². The lowest BCUT2D eigenvalue weighted by atomic mass is 10.2. The molecule has 0 radical (unpaired) electrons. The van der Waals surface area contributed by atoms with Crippen molar-refractivity contribution in [2.24, 2.45) is 0 Å². The summed E-state index contributed by atoms with van der Waals surface area (Å²) in [6, 6.07) is 3.86. The Kier molecular flexibility index (Phi) is 5.92. The average molecular weight is 282 g/mol. The molecular formula is C13H18N2O5. The van der Waals surface area contributed by atoms with Crippen LogP contribution in [0, 0.1) is 17.0 Å². The number of likely N-dealkylation sites (N-methyl/N-ethyl adjacent to an activating group) is 1. The molecule has 2 N–H and O–H groups in total. The zero-order valence-corrected chi connectivity index (χ0v) is 11.5. The Bertz CT molecular complexity index is 490. The molecule has 0 saturated carbocycles. The first kappa shape index (κ1) is 15.9. The number of nitrogens with zero attached hydrogens (tertiary/aromatic N) is 1. The van der Waals surface area contributed by atoms with Gasteiger partial charge in [0.2, 0.25) is 0 Å². The first-order valence-electron chi connectivity index (χ1n) is 6.29. The summed E-state index contributed by atoms with van der Waals surface area (Å²) in [6.07, 6.45) is 0.230. The number of nitrogens with one attached hydrogen (secondary N) is 1. The highest BCUT2D eigenvalue weighted by atomic mass is 16.6. The van der Waals surface area contributed by atoms with E-state index in [1.807, 2.05) is 6.92 Å². The predicted octanol–water partition coefficient (Wildman–Crippen LogP) is 1.73. The zero-order chi connectivity index (χ0) is 15.1. The monoisotopic (exact) mass is 282 g/mol. The van der Waals surface area contributed by atoms with Gasteiger partial charge in [-0.3, -0.25) is 14.9 Å². The molecule has 0 aliphatic rings. The number of rotatable bonds is 8. The van der Waals surface area contributed by atoms with Gasteiger partial charge in [0.05, 0.1) is 11.5 Å². The Morgan fingerprint density at radius 2 is 2.25 bits per heavy atom. The molecule has 0 heterocycles. The molecule has 0 aliphatic heterocycles. The predicted molar refractivity (Wildman–Crippen MR) is 73.0 cm³/mol. The van der Waals surface area contributed by atoms with E-state index in [4.69, 9.17) is 9.84 Å². The third-order valence-corrected chi connectivity index (χ3v) is 2.72. The van der Waals surface area contributed by atoms with Gasteiger partial charge in [-0.05, 0) is 25.1 Å². The van der Waals surface area contributed by atoms with Crippen molar-refractivity contribution in [1.82, 2.24) is 5.32 Å². The van der Waals surface area contributed by atoms with E-state index in [1.165, 1.54) is 6.07 Å². The number of carboxylic acids is 1. The molecule has 0 bridgehead atoms. The first-order valence-corrected chi connectivity index (χ1v) is 6.29. The van der Waals surface area contributed by atoms with Gasteiger partial charge in [-0.15, -0.1) is 0 Å². The first-order chi connectivity index (χ1) is 9.45. The summed E-state index contributed by atoms with van der Waals surface area (Å²) < 4.78 is 5.36. The molecular weight excluding hydrogens is 264 g/mol. The number of benzene rings is 1. The van der Waals surface area contributed by atoms with E-state index in [0.29, 0.717) is 6.54 Å². The zero-order valence-electron chi connectivity index (χ0n) is 11.5. The lowest BCUT2D eigenvalue weighted by Crippen LogP contribution is -2.37. The molecule has 7 heteroatoms. The Morgan fingerprint density at radius 1 is 1.55 bits per heavy atom. The molecule has 1 rings (SSSR count). The molecule has 1 aromatic carbocycles. The topological polar surface area (TPSA) is 102 Å². The highest BCUT2D eigenvalue weighted by Crippen LogP contribution is 2.27. The van der Waals surface area contributed by atoms with E-state index in [2.05, 4.69) is 5.32 Å². The molecule has 1 aromatic rings. The van der Waals surface area contributed by atoms with Crippen LogP contribution >= 0.6 is 0 Å². The van der Waals surface area contributed by atoms with Gasteiger partial charge in [-0.1, -0.05) is 13.0 Å². The fourth-order valence-corrected chi connectivity index (χ4v) is 1.73. The van der Waals surface area contributed by atoms with Gasteiger partial charge in [-0.25, -0.2) is 0 Å². The van der Waals surface area contributed by atoms with Crippen molar-refractivity contribution in [3.05, 3.63) is 33.9 Å². The van der Waals surface area contributed by atoms with Crippen molar-refractivity contribution >= 4 is 11.7 Å². The van der Waals surface area contributed by atoms with Gasteiger partial charge >= 0.3 is 11.7 Å². The highest BCUT2D eigenvalue weighted by Gasteiger charge is 2.18. The van der Waals surface area contributed by atoms with Crippen molar-refractivity contribution in [1.29, 1.82) is 0 Å². The third-order valence-electron chi connectivity index (χ3n) is 2.72. The van der Waals surface area contributed by atoms with Crippen LogP contribution in [0.1, 0.15) is 18.9 Å². The second-order valence-electron chi connectivity index (χ2n) is 4.31. The molecule has 0 aliphatic carbocycles.